The lowest BCUT2D eigenvalue weighted by Gasteiger charge is -2.36. The van der Waals surface area contributed by atoms with Gasteiger partial charge >= 0.3 is 6.09 Å². The summed E-state index contributed by atoms with van der Waals surface area (Å²) in [5.74, 6) is -0.697. The predicted octanol–water partition coefficient (Wildman–Crippen LogP) is 5.98. The molecule has 0 saturated carbocycles. The monoisotopic (exact) mass is 503 g/mol. The Kier molecular flexibility index (Phi) is 8.92. The molecule has 7 nitrogen and oxygen atoms in total. The fraction of sp³-hybridized carbons (Fsp3) is 0.367. The van der Waals surface area contributed by atoms with Crippen LogP contribution in [0.2, 0.25) is 0 Å². The first-order valence-electron chi connectivity index (χ1n) is 12.6. The van der Waals surface area contributed by atoms with E-state index in [2.05, 4.69) is 10.6 Å². The highest BCUT2D eigenvalue weighted by Crippen LogP contribution is 2.29. The lowest BCUT2D eigenvalue weighted by molar-refractivity contribution is -0.140. The van der Waals surface area contributed by atoms with Crippen molar-refractivity contribution in [2.24, 2.45) is 0 Å². The topological polar surface area (TPSA) is 87.7 Å². The van der Waals surface area contributed by atoms with Crippen LogP contribution in [0.1, 0.15) is 58.2 Å². The van der Waals surface area contributed by atoms with Crippen molar-refractivity contribution in [2.45, 2.75) is 65.6 Å². The summed E-state index contributed by atoms with van der Waals surface area (Å²) in [5.41, 5.74) is 1.58. The van der Waals surface area contributed by atoms with E-state index in [1.165, 1.54) is 0 Å². The first-order chi connectivity index (χ1) is 17.5. The number of carbonyl (C=O) groups excluding carboxylic acids is 3. The second-order valence-electron chi connectivity index (χ2n) is 10.2. The van der Waals surface area contributed by atoms with Crippen LogP contribution < -0.4 is 10.6 Å². The van der Waals surface area contributed by atoms with Crippen molar-refractivity contribution in [1.82, 2.24) is 10.2 Å². The molecule has 3 aromatic rings. The summed E-state index contributed by atoms with van der Waals surface area (Å²) in [5, 5.41) is 7.64. The number of amides is 3. The molecule has 0 saturated heterocycles. The SMILES string of the molecule is CCC(C)N(C(=O)CNC(=O)OC(C)(C)C)C(C(=O)Nc1ccc2ccccc2c1)c1ccccc1C. The zero-order valence-corrected chi connectivity index (χ0v) is 22.5. The molecule has 0 spiro atoms. The smallest absolute Gasteiger partial charge is 0.408 e. The Labute approximate surface area is 219 Å². The number of nitrogens with one attached hydrogen (secondary N) is 2. The average molecular weight is 504 g/mol. The lowest BCUT2D eigenvalue weighted by atomic mass is 9.97. The molecule has 0 fully saturated rings. The summed E-state index contributed by atoms with van der Waals surface area (Å²) < 4.78 is 5.28. The Hall–Kier alpha value is -3.87. The minimum Gasteiger partial charge on any atom is -0.444 e. The van der Waals surface area contributed by atoms with Gasteiger partial charge in [-0.25, -0.2) is 4.79 Å². The Balaban J connectivity index is 1.94. The van der Waals surface area contributed by atoms with Crippen molar-refractivity contribution < 1.29 is 19.1 Å². The first kappa shape index (κ1) is 27.7. The predicted molar refractivity (Wildman–Crippen MR) is 147 cm³/mol. The summed E-state index contributed by atoms with van der Waals surface area (Å²) in [7, 11) is 0. The van der Waals surface area contributed by atoms with Crippen LogP contribution >= 0.6 is 0 Å². The maximum absolute atomic E-state index is 13.9. The van der Waals surface area contributed by atoms with E-state index in [1.54, 1.807) is 25.7 Å². The molecule has 3 rings (SSSR count). The number of hydrogen-bond acceptors (Lipinski definition) is 4. The van der Waals surface area contributed by atoms with Gasteiger partial charge in [-0.1, -0.05) is 61.5 Å². The molecule has 2 atom stereocenters. The van der Waals surface area contributed by atoms with E-state index >= 15 is 0 Å². The van der Waals surface area contributed by atoms with Gasteiger partial charge in [0, 0.05) is 11.7 Å². The number of rotatable bonds is 8. The van der Waals surface area contributed by atoms with Crippen molar-refractivity contribution in [3.05, 3.63) is 77.9 Å². The summed E-state index contributed by atoms with van der Waals surface area (Å²) in [6.45, 7) is 10.8. The number of aryl methyl sites for hydroxylation is 1. The van der Waals surface area contributed by atoms with Crippen LogP contribution in [0.15, 0.2) is 66.7 Å². The summed E-state index contributed by atoms with van der Waals surface area (Å²) >= 11 is 0. The zero-order valence-electron chi connectivity index (χ0n) is 22.5. The number of nitrogens with zero attached hydrogens (tertiary/aromatic N) is 1. The standard InChI is InChI=1S/C30H37N3O4/c1-7-21(3)33(26(34)19-31-29(36)37-30(4,5)6)27(25-15-11-8-12-20(25)2)28(35)32-24-17-16-22-13-9-10-14-23(22)18-24/h8-18,21,27H,7,19H2,1-6H3,(H,31,36)(H,32,35). The largest absolute Gasteiger partial charge is 0.444 e. The van der Waals surface area contributed by atoms with Crippen LogP contribution in [-0.4, -0.2) is 41.0 Å². The van der Waals surface area contributed by atoms with E-state index in [4.69, 9.17) is 4.74 Å². The fourth-order valence-electron chi connectivity index (χ4n) is 4.18. The third-order valence-electron chi connectivity index (χ3n) is 6.16. The minimum atomic E-state index is -0.893. The lowest BCUT2D eigenvalue weighted by Crippen LogP contribution is -2.50. The van der Waals surface area contributed by atoms with E-state index in [9.17, 15) is 14.4 Å². The van der Waals surface area contributed by atoms with E-state index in [0.717, 1.165) is 21.9 Å². The highest BCUT2D eigenvalue weighted by atomic mass is 16.6. The maximum Gasteiger partial charge on any atom is 0.408 e. The van der Waals surface area contributed by atoms with E-state index in [0.29, 0.717) is 12.1 Å². The third kappa shape index (κ3) is 7.32. The highest BCUT2D eigenvalue weighted by Gasteiger charge is 2.35. The Morgan fingerprint density at radius 3 is 2.24 bits per heavy atom. The van der Waals surface area contributed by atoms with Crippen LogP contribution in [0.4, 0.5) is 10.5 Å². The molecule has 37 heavy (non-hydrogen) atoms. The second kappa shape index (κ2) is 11.9. The molecule has 0 aliphatic carbocycles. The molecule has 0 radical (unpaired) electrons. The molecule has 3 amide bonds. The van der Waals surface area contributed by atoms with Crippen LogP contribution in [0.25, 0.3) is 10.8 Å². The normalized spacial score (nSPS) is 12.9. The van der Waals surface area contributed by atoms with Crippen molar-refractivity contribution in [1.29, 1.82) is 0 Å². The van der Waals surface area contributed by atoms with Crippen molar-refractivity contribution >= 4 is 34.4 Å². The molecule has 3 aromatic carbocycles. The number of alkyl carbamates (subject to hydrolysis) is 1. The van der Waals surface area contributed by atoms with Gasteiger partial charge in [-0.05, 0) is 75.1 Å². The molecule has 0 aliphatic rings. The fourth-order valence-corrected chi connectivity index (χ4v) is 4.18. The van der Waals surface area contributed by atoms with Crippen molar-refractivity contribution in [3.63, 3.8) is 0 Å². The van der Waals surface area contributed by atoms with Crippen molar-refractivity contribution in [3.8, 4) is 0 Å². The summed E-state index contributed by atoms with van der Waals surface area (Å²) in [4.78, 5) is 41.2. The Bertz CT molecular complexity index is 1260. The van der Waals surface area contributed by atoms with Crippen LogP contribution in [0, 0.1) is 6.92 Å². The van der Waals surface area contributed by atoms with Gasteiger partial charge in [0.25, 0.3) is 5.91 Å². The van der Waals surface area contributed by atoms with Crippen LogP contribution in [-0.2, 0) is 14.3 Å². The van der Waals surface area contributed by atoms with Crippen LogP contribution in [0.5, 0.6) is 0 Å². The molecule has 7 heteroatoms. The summed E-state index contributed by atoms with van der Waals surface area (Å²) in [6, 6.07) is 20.0. The van der Waals surface area contributed by atoms with Gasteiger partial charge in [-0.3, -0.25) is 9.59 Å². The zero-order chi connectivity index (χ0) is 27.2. The molecular formula is C30H37N3O4. The van der Waals surface area contributed by atoms with E-state index < -0.39 is 17.7 Å². The molecule has 2 N–H and O–H groups in total. The first-order valence-corrected chi connectivity index (χ1v) is 12.6. The van der Waals surface area contributed by atoms with Crippen molar-refractivity contribution in [2.75, 3.05) is 11.9 Å². The van der Waals surface area contributed by atoms with Gasteiger partial charge in [-0.2, -0.15) is 0 Å². The molecule has 2 unspecified atom stereocenters. The third-order valence-corrected chi connectivity index (χ3v) is 6.16. The number of anilines is 1. The Morgan fingerprint density at radius 2 is 1.59 bits per heavy atom. The number of ether oxygens (including phenoxy) is 1. The Morgan fingerprint density at radius 1 is 0.946 bits per heavy atom. The molecule has 0 aliphatic heterocycles. The van der Waals surface area contributed by atoms with Gasteiger partial charge in [0.15, 0.2) is 0 Å². The summed E-state index contributed by atoms with van der Waals surface area (Å²) in [6.07, 6.45) is -0.0536. The molecule has 0 aromatic heterocycles. The maximum atomic E-state index is 13.9. The van der Waals surface area contributed by atoms with Gasteiger partial charge in [0.05, 0.1) is 0 Å². The number of hydrogen-bond donors (Lipinski definition) is 2. The average Bonchev–Trinajstić information content (AvgIpc) is 2.85. The van der Waals surface area contributed by atoms with Gasteiger partial charge in [0.1, 0.15) is 18.2 Å². The van der Waals surface area contributed by atoms with E-state index in [-0.39, 0.29) is 24.4 Å². The highest BCUT2D eigenvalue weighted by molar-refractivity contribution is 6.00. The molecular weight excluding hydrogens is 466 g/mol. The molecule has 196 valence electrons. The van der Waals surface area contributed by atoms with Gasteiger partial charge < -0.3 is 20.3 Å². The van der Waals surface area contributed by atoms with Gasteiger partial charge in [0.2, 0.25) is 5.91 Å². The minimum absolute atomic E-state index is 0.264. The quantitative estimate of drug-likeness (QED) is 0.396. The molecule has 0 heterocycles. The van der Waals surface area contributed by atoms with Gasteiger partial charge in [-0.15, -0.1) is 0 Å². The van der Waals surface area contributed by atoms with E-state index in [1.807, 2.05) is 87.5 Å². The van der Waals surface area contributed by atoms with Crippen LogP contribution in [0.3, 0.4) is 0 Å². The number of benzene rings is 3. The number of carbonyl (C=O) groups is 3. The molecule has 0 bridgehead atoms. The number of fused-ring (bicyclic) bond motifs is 1. The second-order valence-corrected chi connectivity index (χ2v) is 10.2.